The summed E-state index contributed by atoms with van der Waals surface area (Å²) >= 11 is 0. The Morgan fingerprint density at radius 1 is 1.40 bits per heavy atom. The van der Waals surface area contributed by atoms with E-state index in [1.165, 1.54) is 22.6 Å². The molecule has 0 amide bonds. The van der Waals surface area contributed by atoms with E-state index >= 15 is 0 Å². The molecule has 6 nitrogen and oxygen atoms in total. The number of rotatable bonds is 1. The van der Waals surface area contributed by atoms with Gasteiger partial charge in [-0.1, -0.05) is 0 Å². The number of aryl methyl sites for hydroxylation is 1. The Bertz CT molecular complexity index is 973. The SMILES string of the molecule is Cc1cc(=O)n2c([nH]c3ccc(C(=O)O)cc32)c1C#N. The summed E-state index contributed by atoms with van der Waals surface area (Å²) in [6.07, 6.45) is 0. The van der Waals surface area contributed by atoms with Crippen LogP contribution >= 0.6 is 0 Å². The lowest BCUT2D eigenvalue weighted by molar-refractivity contribution is 0.0697. The van der Waals surface area contributed by atoms with Crippen molar-refractivity contribution in [2.24, 2.45) is 0 Å². The van der Waals surface area contributed by atoms with Crippen molar-refractivity contribution in [2.45, 2.75) is 6.92 Å². The highest BCUT2D eigenvalue weighted by atomic mass is 16.4. The second kappa shape index (κ2) is 3.96. The molecule has 3 rings (SSSR count). The largest absolute Gasteiger partial charge is 0.478 e. The van der Waals surface area contributed by atoms with E-state index in [-0.39, 0.29) is 11.1 Å². The Labute approximate surface area is 112 Å². The number of imidazole rings is 1. The smallest absolute Gasteiger partial charge is 0.335 e. The van der Waals surface area contributed by atoms with Crippen LogP contribution in [0.5, 0.6) is 0 Å². The monoisotopic (exact) mass is 267 g/mol. The molecule has 0 saturated carbocycles. The van der Waals surface area contributed by atoms with Gasteiger partial charge < -0.3 is 10.1 Å². The number of carbonyl (C=O) groups is 1. The molecule has 6 heteroatoms. The zero-order valence-corrected chi connectivity index (χ0v) is 10.5. The van der Waals surface area contributed by atoms with Gasteiger partial charge in [-0.05, 0) is 30.7 Å². The van der Waals surface area contributed by atoms with Gasteiger partial charge >= 0.3 is 5.97 Å². The number of nitriles is 1. The van der Waals surface area contributed by atoms with E-state index in [1.807, 2.05) is 0 Å². The van der Waals surface area contributed by atoms with E-state index in [0.717, 1.165) is 0 Å². The highest BCUT2D eigenvalue weighted by Crippen LogP contribution is 2.20. The summed E-state index contributed by atoms with van der Waals surface area (Å²) in [6.45, 7) is 1.69. The van der Waals surface area contributed by atoms with E-state index < -0.39 is 5.97 Å². The number of carboxylic acids is 1. The zero-order chi connectivity index (χ0) is 14.4. The lowest BCUT2D eigenvalue weighted by Crippen LogP contribution is -2.13. The quantitative estimate of drug-likeness (QED) is 0.700. The van der Waals surface area contributed by atoms with Gasteiger partial charge in [0.1, 0.15) is 11.7 Å². The van der Waals surface area contributed by atoms with Gasteiger partial charge in [-0.15, -0.1) is 0 Å². The molecule has 1 aromatic carbocycles. The molecule has 0 unspecified atom stereocenters. The fourth-order valence-electron chi connectivity index (χ4n) is 2.31. The van der Waals surface area contributed by atoms with Crippen LogP contribution in [0.15, 0.2) is 29.1 Å². The van der Waals surface area contributed by atoms with Gasteiger partial charge in [0.25, 0.3) is 5.56 Å². The summed E-state index contributed by atoms with van der Waals surface area (Å²) in [7, 11) is 0. The third-order valence-corrected chi connectivity index (χ3v) is 3.27. The van der Waals surface area contributed by atoms with Gasteiger partial charge in [0.2, 0.25) is 0 Å². The number of benzene rings is 1. The fraction of sp³-hybridized carbons (Fsp3) is 0.0714. The highest BCUT2D eigenvalue weighted by molar-refractivity contribution is 5.93. The first-order valence-corrected chi connectivity index (χ1v) is 5.84. The van der Waals surface area contributed by atoms with Crippen LogP contribution in [0.2, 0.25) is 0 Å². The van der Waals surface area contributed by atoms with Gasteiger partial charge in [-0.3, -0.25) is 9.20 Å². The minimum absolute atomic E-state index is 0.0874. The topological polar surface area (TPSA) is 98.4 Å². The number of aromatic carboxylic acids is 1. The molecule has 98 valence electrons. The van der Waals surface area contributed by atoms with Crippen LogP contribution < -0.4 is 5.56 Å². The lowest BCUT2D eigenvalue weighted by Gasteiger charge is -2.00. The van der Waals surface area contributed by atoms with Crippen LogP contribution in [-0.4, -0.2) is 20.5 Å². The third kappa shape index (κ3) is 1.50. The summed E-state index contributed by atoms with van der Waals surface area (Å²) in [4.78, 5) is 26.1. The van der Waals surface area contributed by atoms with Crippen molar-refractivity contribution >= 4 is 22.6 Å². The number of nitrogens with zero attached hydrogens (tertiary/aromatic N) is 2. The molecule has 0 fully saturated rings. The summed E-state index contributed by atoms with van der Waals surface area (Å²) in [5.74, 6) is -1.07. The zero-order valence-electron chi connectivity index (χ0n) is 10.5. The summed E-state index contributed by atoms with van der Waals surface area (Å²) < 4.78 is 1.33. The van der Waals surface area contributed by atoms with Crippen molar-refractivity contribution in [1.29, 1.82) is 5.26 Å². The average molecular weight is 267 g/mol. The number of aromatic amines is 1. The number of nitrogens with one attached hydrogen (secondary N) is 1. The molecule has 2 N–H and O–H groups in total. The molecule has 0 atom stereocenters. The average Bonchev–Trinajstić information content (AvgIpc) is 2.77. The number of hydrogen-bond donors (Lipinski definition) is 2. The van der Waals surface area contributed by atoms with E-state index in [4.69, 9.17) is 5.11 Å². The molecular weight excluding hydrogens is 258 g/mol. The van der Waals surface area contributed by atoms with Gasteiger partial charge in [0.05, 0.1) is 22.2 Å². The Kier molecular flexibility index (Phi) is 2.38. The molecule has 3 aromatic rings. The van der Waals surface area contributed by atoms with Crippen LogP contribution in [0.25, 0.3) is 16.7 Å². The number of fused-ring (bicyclic) bond motifs is 3. The Hall–Kier alpha value is -3.07. The Morgan fingerprint density at radius 2 is 2.15 bits per heavy atom. The van der Waals surface area contributed by atoms with E-state index in [1.54, 1.807) is 13.0 Å². The maximum Gasteiger partial charge on any atom is 0.335 e. The molecule has 0 spiro atoms. The van der Waals surface area contributed by atoms with Crippen LogP contribution in [0.1, 0.15) is 21.5 Å². The summed E-state index contributed by atoms with van der Waals surface area (Å²) in [6, 6.07) is 7.87. The molecular formula is C14H9N3O3. The number of carboxylic acid groups (broad SMARTS) is 1. The van der Waals surface area contributed by atoms with E-state index in [2.05, 4.69) is 11.1 Å². The summed E-state index contributed by atoms with van der Waals surface area (Å²) in [5.41, 5.74) is 2.18. The van der Waals surface area contributed by atoms with E-state index in [9.17, 15) is 14.9 Å². The lowest BCUT2D eigenvalue weighted by atomic mass is 10.1. The second-order valence-corrected chi connectivity index (χ2v) is 4.50. The van der Waals surface area contributed by atoms with Gasteiger partial charge in [0.15, 0.2) is 0 Å². The maximum absolute atomic E-state index is 12.1. The number of pyridine rings is 1. The third-order valence-electron chi connectivity index (χ3n) is 3.27. The van der Waals surface area contributed by atoms with Crippen LogP contribution in [0.3, 0.4) is 0 Å². The number of hydrogen-bond acceptors (Lipinski definition) is 3. The first-order chi connectivity index (χ1) is 9.52. The van der Waals surface area contributed by atoms with Crippen LogP contribution in [0.4, 0.5) is 0 Å². The Balaban J connectivity index is 2.57. The normalized spacial score (nSPS) is 10.8. The van der Waals surface area contributed by atoms with Gasteiger partial charge in [-0.2, -0.15) is 5.26 Å². The van der Waals surface area contributed by atoms with Crippen molar-refractivity contribution in [3.05, 3.63) is 51.3 Å². The van der Waals surface area contributed by atoms with Crippen LogP contribution in [-0.2, 0) is 0 Å². The highest BCUT2D eigenvalue weighted by Gasteiger charge is 2.14. The predicted octanol–water partition coefficient (Wildman–Crippen LogP) is 1.66. The standard InChI is InChI=1S/C14H9N3O3/c1-7-4-12(18)17-11-5-8(14(19)20)2-3-10(11)16-13(17)9(7)6-15/h2-5,16H,1H3,(H,19,20). The molecule has 0 aliphatic heterocycles. The molecule has 2 heterocycles. The fourth-order valence-corrected chi connectivity index (χ4v) is 2.31. The minimum atomic E-state index is -1.07. The van der Waals surface area contributed by atoms with Gasteiger partial charge in [0, 0.05) is 6.07 Å². The minimum Gasteiger partial charge on any atom is -0.478 e. The van der Waals surface area contributed by atoms with Crippen LogP contribution in [0, 0.1) is 18.3 Å². The van der Waals surface area contributed by atoms with Crippen molar-refractivity contribution in [1.82, 2.24) is 9.38 Å². The molecule has 0 aliphatic rings. The molecule has 20 heavy (non-hydrogen) atoms. The van der Waals surface area contributed by atoms with E-state index in [0.29, 0.717) is 27.8 Å². The first kappa shape index (κ1) is 12.0. The summed E-state index contributed by atoms with van der Waals surface area (Å²) in [5, 5.41) is 18.2. The first-order valence-electron chi connectivity index (χ1n) is 5.84. The van der Waals surface area contributed by atoms with Crippen molar-refractivity contribution in [2.75, 3.05) is 0 Å². The van der Waals surface area contributed by atoms with Gasteiger partial charge in [-0.25, -0.2) is 4.79 Å². The number of H-pyrrole nitrogens is 1. The number of aromatic nitrogens is 2. The van der Waals surface area contributed by atoms with Crippen molar-refractivity contribution < 1.29 is 9.90 Å². The Morgan fingerprint density at radius 3 is 2.80 bits per heavy atom. The predicted molar refractivity (Wildman–Crippen MR) is 71.9 cm³/mol. The molecule has 0 radical (unpaired) electrons. The molecule has 0 saturated heterocycles. The molecule has 2 aromatic heterocycles. The van der Waals surface area contributed by atoms with Crippen molar-refractivity contribution in [3.63, 3.8) is 0 Å². The molecule has 0 bridgehead atoms. The second-order valence-electron chi connectivity index (χ2n) is 4.50. The van der Waals surface area contributed by atoms with Crippen molar-refractivity contribution in [3.8, 4) is 6.07 Å². The molecule has 0 aliphatic carbocycles. The maximum atomic E-state index is 12.1.